The van der Waals surface area contributed by atoms with Crippen LogP contribution >= 0.6 is 0 Å². The quantitative estimate of drug-likeness (QED) is 0.801. The number of benzene rings is 2. The van der Waals surface area contributed by atoms with Crippen LogP contribution in [-0.4, -0.2) is 29.9 Å². The number of amides is 1. The van der Waals surface area contributed by atoms with Gasteiger partial charge in [0, 0.05) is 30.7 Å². The predicted molar refractivity (Wildman–Crippen MR) is 87.1 cm³/mol. The van der Waals surface area contributed by atoms with Gasteiger partial charge in [0.25, 0.3) is 5.91 Å². The van der Waals surface area contributed by atoms with Crippen molar-refractivity contribution < 1.29 is 9.53 Å². The third kappa shape index (κ3) is 2.55. The van der Waals surface area contributed by atoms with Gasteiger partial charge < -0.3 is 14.6 Å². The first-order valence-corrected chi connectivity index (χ1v) is 7.14. The van der Waals surface area contributed by atoms with Gasteiger partial charge in [0.2, 0.25) is 0 Å². The SMILES string of the molecule is COc1ccccc1C(=O)N(C)Cc1c[nH]c2ccccc12. The van der Waals surface area contributed by atoms with Crippen molar-refractivity contribution in [2.45, 2.75) is 6.54 Å². The highest BCUT2D eigenvalue weighted by molar-refractivity contribution is 5.97. The van der Waals surface area contributed by atoms with Crippen LogP contribution in [-0.2, 0) is 6.54 Å². The van der Waals surface area contributed by atoms with E-state index in [-0.39, 0.29) is 5.91 Å². The summed E-state index contributed by atoms with van der Waals surface area (Å²) in [7, 11) is 3.38. The summed E-state index contributed by atoms with van der Waals surface area (Å²) in [5.41, 5.74) is 2.75. The molecule has 1 heterocycles. The summed E-state index contributed by atoms with van der Waals surface area (Å²) in [5.74, 6) is 0.543. The fourth-order valence-corrected chi connectivity index (χ4v) is 2.62. The van der Waals surface area contributed by atoms with Gasteiger partial charge in [-0.25, -0.2) is 0 Å². The molecular formula is C18H18N2O2. The van der Waals surface area contributed by atoms with Crippen LogP contribution < -0.4 is 4.74 Å². The zero-order valence-electron chi connectivity index (χ0n) is 12.7. The predicted octanol–water partition coefficient (Wildman–Crippen LogP) is 3.45. The molecule has 1 amide bonds. The van der Waals surface area contributed by atoms with Crippen LogP contribution in [0, 0.1) is 0 Å². The Morgan fingerprint density at radius 1 is 1.14 bits per heavy atom. The summed E-state index contributed by atoms with van der Waals surface area (Å²) in [5, 5.41) is 1.14. The molecule has 0 aliphatic rings. The molecule has 3 rings (SSSR count). The van der Waals surface area contributed by atoms with Gasteiger partial charge in [-0.15, -0.1) is 0 Å². The second-order valence-corrected chi connectivity index (χ2v) is 5.22. The van der Waals surface area contributed by atoms with Gasteiger partial charge in [0.1, 0.15) is 5.75 Å². The molecule has 0 bridgehead atoms. The van der Waals surface area contributed by atoms with Crippen molar-refractivity contribution in [3.05, 3.63) is 65.9 Å². The molecule has 112 valence electrons. The molecule has 0 atom stereocenters. The lowest BCUT2D eigenvalue weighted by Gasteiger charge is -2.18. The monoisotopic (exact) mass is 294 g/mol. The van der Waals surface area contributed by atoms with Crippen LogP contribution in [0.3, 0.4) is 0 Å². The van der Waals surface area contributed by atoms with E-state index in [1.807, 2.05) is 36.5 Å². The lowest BCUT2D eigenvalue weighted by atomic mass is 10.1. The van der Waals surface area contributed by atoms with Crippen LogP contribution in [0.15, 0.2) is 54.7 Å². The van der Waals surface area contributed by atoms with E-state index in [0.29, 0.717) is 17.9 Å². The first kappa shape index (κ1) is 14.2. The molecule has 3 aromatic rings. The van der Waals surface area contributed by atoms with Crippen LogP contribution in [0.2, 0.25) is 0 Å². The van der Waals surface area contributed by atoms with Gasteiger partial charge in [-0.2, -0.15) is 0 Å². The highest BCUT2D eigenvalue weighted by Gasteiger charge is 2.17. The molecule has 0 unspecified atom stereocenters. The molecule has 0 radical (unpaired) electrons. The number of aromatic nitrogens is 1. The lowest BCUT2D eigenvalue weighted by Crippen LogP contribution is -2.26. The summed E-state index contributed by atoms with van der Waals surface area (Å²) in [6.07, 6.45) is 1.96. The van der Waals surface area contributed by atoms with E-state index >= 15 is 0 Å². The maximum Gasteiger partial charge on any atom is 0.257 e. The Labute approximate surface area is 129 Å². The number of para-hydroxylation sites is 2. The van der Waals surface area contributed by atoms with Crippen molar-refractivity contribution in [2.24, 2.45) is 0 Å². The van der Waals surface area contributed by atoms with E-state index in [9.17, 15) is 4.79 Å². The fourth-order valence-electron chi connectivity index (χ4n) is 2.62. The third-order valence-corrected chi connectivity index (χ3v) is 3.77. The molecule has 0 spiro atoms. The molecule has 0 aliphatic carbocycles. The number of ether oxygens (including phenoxy) is 1. The minimum atomic E-state index is -0.0530. The maximum absolute atomic E-state index is 12.6. The van der Waals surface area contributed by atoms with E-state index in [1.54, 1.807) is 31.2 Å². The van der Waals surface area contributed by atoms with E-state index in [4.69, 9.17) is 4.74 Å². The van der Waals surface area contributed by atoms with Crippen molar-refractivity contribution in [1.29, 1.82) is 0 Å². The molecule has 2 aromatic carbocycles. The number of methoxy groups -OCH3 is 1. The third-order valence-electron chi connectivity index (χ3n) is 3.77. The van der Waals surface area contributed by atoms with Gasteiger partial charge >= 0.3 is 0 Å². The molecule has 22 heavy (non-hydrogen) atoms. The summed E-state index contributed by atoms with van der Waals surface area (Å²) >= 11 is 0. The largest absolute Gasteiger partial charge is 0.496 e. The number of nitrogens with zero attached hydrogens (tertiary/aromatic N) is 1. The molecule has 0 saturated heterocycles. The van der Waals surface area contributed by atoms with Crippen LogP contribution in [0.1, 0.15) is 15.9 Å². The number of nitrogens with one attached hydrogen (secondary N) is 1. The van der Waals surface area contributed by atoms with Crippen molar-refractivity contribution >= 4 is 16.8 Å². The van der Waals surface area contributed by atoms with Crippen molar-refractivity contribution in [2.75, 3.05) is 14.2 Å². The van der Waals surface area contributed by atoms with Gasteiger partial charge in [-0.3, -0.25) is 4.79 Å². The van der Waals surface area contributed by atoms with Crippen LogP contribution in [0.25, 0.3) is 10.9 Å². The second kappa shape index (κ2) is 5.93. The molecule has 1 aromatic heterocycles. The molecule has 0 saturated carbocycles. The standard InChI is InChI=1S/C18H18N2O2/c1-20(18(21)15-8-4-6-10-17(15)22-2)12-13-11-19-16-9-5-3-7-14(13)16/h3-11,19H,12H2,1-2H3. The first-order chi connectivity index (χ1) is 10.7. The topological polar surface area (TPSA) is 45.3 Å². The minimum absolute atomic E-state index is 0.0530. The summed E-state index contributed by atoms with van der Waals surface area (Å²) < 4.78 is 5.27. The maximum atomic E-state index is 12.6. The molecule has 1 N–H and O–H groups in total. The number of carbonyl (C=O) groups is 1. The Kier molecular flexibility index (Phi) is 3.83. The van der Waals surface area contributed by atoms with Gasteiger partial charge in [-0.1, -0.05) is 30.3 Å². The highest BCUT2D eigenvalue weighted by Crippen LogP contribution is 2.22. The van der Waals surface area contributed by atoms with Gasteiger partial charge in [0.05, 0.1) is 12.7 Å². The average Bonchev–Trinajstić information content (AvgIpc) is 2.97. The Balaban J connectivity index is 1.85. The minimum Gasteiger partial charge on any atom is -0.496 e. The van der Waals surface area contributed by atoms with Crippen LogP contribution in [0.5, 0.6) is 5.75 Å². The Morgan fingerprint density at radius 2 is 1.86 bits per heavy atom. The van der Waals surface area contributed by atoms with Gasteiger partial charge in [0.15, 0.2) is 0 Å². The van der Waals surface area contributed by atoms with Crippen molar-refractivity contribution in [3.63, 3.8) is 0 Å². The number of fused-ring (bicyclic) bond motifs is 1. The number of rotatable bonds is 4. The zero-order chi connectivity index (χ0) is 15.5. The average molecular weight is 294 g/mol. The molecular weight excluding hydrogens is 276 g/mol. The summed E-state index contributed by atoms with van der Waals surface area (Å²) in [4.78, 5) is 17.6. The number of H-pyrrole nitrogens is 1. The summed E-state index contributed by atoms with van der Waals surface area (Å²) in [6.45, 7) is 0.543. The first-order valence-electron chi connectivity index (χ1n) is 7.14. The molecule has 4 heteroatoms. The molecule has 0 aliphatic heterocycles. The Morgan fingerprint density at radius 3 is 2.68 bits per heavy atom. The number of carbonyl (C=O) groups excluding carboxylic acids is 1. The van der Waals surface area contributed by atoms with Crippen molar-refractivity contribution in [1.82, 2.24) is 9.88 Å². The number of aromatic amines is 1. The van der Waals surface area contributed by atoms with E-state index < -0.39 is 0 Å². The van der Waals surface area contributed by atoms with Crippen molar-refractivity contribution in [3.8, 4) is 5.75 Å². The lowest BCUT2D eigenvalue weighted by molar-refractivity contribution is 0.0782. The second-order valence-electron chi connectivity index (χ2n) is 5.22. The fraction of sp³-hybridized carbons (Fsp3) is 0.167. The smallest absolute Gasteiger partial charge is 0.257 e. The van der Waals surface area contributed by atoms with E-state index in [1.165, 1.54) is 0 Å². The van der Waals surface area contributed by atoms with Gasteiger partial charge in [-0.05, 0) is 23.8 Å². The zero-order valence-corrected chi connectivity index (χ0v) is 12.7. The van der Waals surface area contributed by atoms with Crippen LogP contribution in [0.4, 0.5) is 0 Å². The Hall–Kier alpha value is -2.75. The normalized spacial score (nSPS) is 10.6. The number of hydrogen-bond acceptors (Lipinski definition) is 2. The number of hydrogen-bond donors (Lipinski definition) is 1. The molecule has 4 nitrogen and oxygen atoms in total. The van der Waals surface area contributed by atoms with E-state index in [0.717, 1.165) is 16.5 Å². The van der Waals surface area contributed by atoms with E-state index in [2.05, 4.69) is 11.1 Å². The molecule has 0 fully saturated rings. The Bertz CT molecular complexity index is 807. The summed E-state index contributed by atoms with van der Waals surface area (Å²) in [6, 6.07) is 15.4. The highest BCUT2D eigenvalue weighted by atomic mass is 16.5.